The first-order valence-electron chi connectivity index (χ1n) is 12.9. The molecule has 0 amide bonds. The van der Waals surface area contributed by atoms with E-state index >= 15 is 0 Å². The third-order valence-electron chi connectivity index (χ3n) is 10.1. The highest BCUT2D eigenvalue weighted by atomic mass is 16.6. The summed E-state index contributed by atoms with van der Waals surface area (Å²) in [5.41, 5.74) is 0.218. The van der Waals surface area contributed by atoms with Crippen molar-refractivity contribution in [1.82, 2.24) is 9.80 Å². The van der Waals surface area contributed by atoms with Crippen molar-refractivity contribution in [1.29, 1.82) is 0 Å². The van der Waals surface area contributed by atoms with Crippen LogP contribution in [0.3, 0.4) is 0 Å². The van der Waals surface area contributed by atoms with Gasteiger partial charge >= 0.3 is 5.97 Å². The van der Waals surface area contributed by atoms with Crippen molar-refractivity contribution in [2.45, 2.75) is 95.5 Å². The number of rotatable bonds is 3. The van der Waals surface area contributed by atoms with E-state index in [1.165, 1.54) is 64.5 Å². The maximum absolute atomic E-state index is 13.0. The number of carbonyl (C=O) groups excluding carboxylic acids is 1. The van der Waals surface area contributed by atoms with E-state index in [4.69, 9.17) is 9.47 Å². The Morgan fingerprint density at radius 2 is 1.80 bits per heavy atom. The Balaban J connectivity index is 1.12. The molecule has 3 heterocycles. The molecule has 3 aliphatic heterocycles. The van der Waals surface area contributed by atoms with E-state index in [1.807, 2.05) is 0 Å². The predicted octanol–water partition coefficient (Wildman–Crippen LogP) is 3.46. The second kappa shape index (κ2) is 7.18. The van der Waals surface area contributed by atoms with Gasteiger partial charge in [-0.1, -0.05) is 39.5 Å². The minimum Gasteiger partial charge on any atom is -0.462 e. The Bertz CT molecular complexity index is 686. The Hall–Kier alpha value is -0.650. The quantitative estimate of drug-likeness (QED) is 0.521. The van der Waals surface area contributed by atoms with Crippen molar-refractivity contribution in [3.63, 3.8) is 0 Å². The van der Waals surface area contributed by atoms with Crippen molar-refractivity contribution < 1.29 is 14.3 Å². The molecule has 3 saturated carbocycles. The Labute approximate surface area is 181 Å². The Kier molecular flexibility index (Phi) is 4.78. The molecule has 3 saturated heterocycles. The number of hydrogen-bond acceptors (Lipinski definition) is 5. The molecule has 0 aromatic carbocycles. The highest BCUT2D eigenvalue weighted by Crippen LogP contribution is 2.70. The van der Waals surface area contributed by atoms with Crippen LogP contribution >= 0.6 is 0 Å². The van der Waals surface area contributed by atoms with E-state index in [0.717, 1.165) is 32.1 Å². The van der Waals surface area contributed by atoms with Crippen molar-refractivity contribution in [3.8, 4) is 0 Å². The molecule has 7 unspecified atom stereocenters. The van der Waals surface area contributed by atoms with Crippen molar-refractivity contribution in [3.05, 3.63) is 0 Å². The van der Waals surface area contributed by atoms with Gasteiger partial charge in [-0.15, -0.1) is 0 Å². The highest BCUT2D eigenvalue weighted by molar-refractivity contribution is 5.76. The summed E-state index contributed by atoms with van der Waals surface area (Å²) in [6, 6.07) is 0.810. The predicted molar refractivity (Wildman–Crippen MR) is 115 cm³/mol. The zero-order chi connectivity index (χ0) is 20.5. The number of carbonyl (C=O) groups is 1. The number of fused-ring (bicyclic) bond motifs is 2. The molecule has 30 heavy (non-hydrogen) atoms. The van der Waals surface area contributed by atoms with E-state index in [-0.39, 0.29) is 41.0 Å². The van der Waals surface area contributed by atoms with Crippen molar-refractivity contribution in [2.24, 2.45) is 23.2 Å². The van der Waals surface area contributed by atoms with Crippen LogP contribution in [0.5, 0.6) is 0 Å². The first-order chi connectivity index (χ1) is 14.5. The third kappa shape index (κ3) is 2.87. The first kappa shape index (κ1) is 20.0. The average Bonchev–Trinajstić information content (AvgIpc) is 3.44. The standard InChI is InChI=1S/C25H40N2O3/c1-17-7-6-10-24(2)15-20-21(22-25(17,24)30-22)19(23(28)29-20)16-26-11-13-27(14-12-26)18-8-4-3-5-9-18/h17-22H,3-16H2,1-2H3. The van der Waals surface area contributed by atoms with Crippen LogP contribution in [-0.4, -0.2) is 72.3 Å². The minimum atomic E-state index is 0.0132. The normalized spacial score (nSPS) is 49.8. The fraction of sp³-hybridized carbons (Fsp3) is 0.960. The average molecular weight is 417 g/mol. The number of ether oxygens (including phenoxy) is 2. The smallest absolute Gasteiger partial charge is 0.311 e. The van der Waals surface area contributed by atoms with Gasteiger partial charge in [0.2, 0.25) is 0 Å². The van der Waals surface area contributed by atoms with Gasteiger partial charge < -0.3 is 9.47 Å². The van der Waals surface area contributed by atoms with Crippen LogP contribution < -0.4 is 0 Å². The zero-order valence-corrected chi connectivity index (χ0v) is 19.0. The van der Waals surface area contributed by atoms with Gasteiger partial charge in [0.15, 0.2) is 0 Å². The fourth-order valence-corrected chi connectivity index (χ4v) is 8.48. The van der Waals surface area contributed by atoms with Gasteiger partial charge in [-0.25, -0.2) is 0 Å². The summed E-state index contributed by atoms with van der Waals surface area (Å²) < 4.78 is 12.6. The lowest BCUT2D eigenvalue weighted by Crippen LogP contribution is -2.55. The molecule has 168 valence electrons. The van der Waals surface area contributed by atoms with Crippen LogP contribution in [0.15, 0.2) is 0 Å². The van der Waals surface area contributed by atoms with Crippen LogP contribution in [0.2, 0.25) is 0 Å². The fourth-order valence-electron chi connectivity index (χ4n) is 8.48. The summed E-state index contributed by atoms with van der Waals surface area (Å²) in [4.78, 5) is 18.2. The molecule has 6 aliphatic rings. The molecular weight excluding hydrogens is 376 g/mol. The topological polar surface area (TPSA) is 45.3 Å². The molecule has 7 atom stereocenters. The van der Waals surface area contributed by atoms with Crippen LogP contribution in [0.1, 0.15) is 71.6 Å². The molecular formula is C25H40N2O3. The minimum absolute atomic E-state index is 0.0132. The molecule has 6 fully saturated rings. The highest BCUT2D eigenvalue weighted by Gasteiger charge is 2.78. The molecule has 6 rings (SSSR count). The largest absolute Gasteiger partial charge is 0.462 e. The van der Waals surface area contributed by atoms with Crippen LogP contribution in [0.4, 0.5) is 0 Å². The third-order valence-corrected chi connectivity index (χ3v) is 10.1. The summed E-state index contributed by atoms with van der Waals surface area (Å²) in [7, 11) is 0. The molecule has 3 aliphatic carbocycles. The molecule has 0 bridgehead atoms. The van der Waals surface area contributed by atoms with Crippen LogP contribution in [0.25, 0.3) is 0 Å². The molecule has 5 heteroatoms. The number of epoxide rings is 1. The molecule has 0 N–H and O–H groups in total. The molecule has 0 aromatic rings. The molecule has 0 aromatic heterocycles. The van der Waals surface area contributed by atoms with Crippen LogP contribution in [-0.2, 0) is 14.3 Å². The van der Waals surface area contributed by atoms with Crippen LogP contribution in [0, 0.1) is 23.2 Å². The number of nitrogens with zero attached hydrogens (tertiary/aromatic N) is 2. The van der Waals surface area contributed by atoms with Gasteiger partial charge in [0.05, 0.1) is 12.0 Å². The van der Waals surface area contributed by atoms with E-state index in [2.05, 4.69) is 23.6 Å². The molecule has 0 radical (unpaired) electrons. The van der Waals surface area contributed by atoms with Crippen molar-refractivity contribution >= 4 is 5.97 Å². The van der Waals surface area contributed by atoms with E-state index in [9.17, 15) is 4.79 Å². The van der Waals surface area contributed by atoms with Gasteiger partial charge in [0.25, 0.3) is 0 Å². The monoisotopic (exact) mass is 416 g/mol. The van der Waals surface area contributed by atoms with Gasteiger partial charge in [-0.3, -0.25) is 14.6 Å². The summed E-state index contributed by atoms with van der Waals surface area (Å²) in [5.74, 6) is 0.958. The van der Waals surface area contributed by atoms with Gasteiger partial charge in [0, 0.05) is 50.1 Å². The Morgan fingerprint density at radius 1 is 1.03 bits per heavy atom. The maximum Gasteiger partial charge on any atom is 0.311 e. The van der Waals surface area contributed by atoms with Gasteiger partial charge in [-0.2, -0.15) is 0 Å². The number of esters is 1. The van der Waals surface area contributed by atoms with Crippen molar-refractivity contribution in [2.75, 3.05) is 32.7 Å². The zero-order valence-electron chi connectivity index (χ0n) is 19.0. The number of hydrogen-bond donors (Lipinski definition) is 0. The summed E-state index contributed by atoms with van der Waals surface area (Å²) in [6.45, 7) is 10.2. The Morgan fingerprint density at radius 3 is 2.57 bits per heavy atom. The van der Waals surface area contributed by atoms with E-state index in [1.54, 1.807) is 0 Å². The maximum atomic E-state index is 13.0. The lowest BCUT2D eigenvalue weighted by molar-refractivity contribution is -0.146. The number of piperazine rings is 1. The van der Waals surface area contributed by atoms with E-state index < -0.39 is 0 Å². The van der Waals surface area contributed by atoms with Gasteiger partial charge in [-0.05, 0) is 38.0 Å². The first-order valence-corrected chi connectivity index (χ1v) is 12.9. The van der Waals surface area contributed by atoms with E-state index in [0.29, 0.717) is 5.92 Å². The lowest BCUT2D eigenvalue weighted by Gasteiger charge is -2.49. The summed E-state index contributed by atoms with van der Waals surface area (Å²) in [6.07, 6.45) is 12.1. The second-order valence-electron chi connectivity index (χ2n) is 11.7. The SMILES string of the molecule is CC1CCCC2(C)CC3OC(=O)C(CN4CCN(C5CCCCC5)CC4)C3C3OC132. The molecule has 5 nitrogen and oxygen atoms in total. The second-order valence-corrected chi connectivity index (χ2v) is 11.7. The molecule has 1 spiro atoms. The summed E-state index contributed by atoms with van der Waals surface area (Å²) >= 11 is 0. The summed E-state index contributed by atoms with van der Waals surface area (Å²) in [5, 5.41) is 0. The van der Waals surface area contributed by atoms with Gasteiger partial charge in [0.1, 0.15) is 11.7 Å². The lowest BCUT2D eigenvalue weighted by atomic mass is 9.53.